The average molecular weight is 295 g/mol. The Labute approximate surface area is 118 Å². The van der Waals surface area contributed by atoms with Crippen molar-refractivity contribution in [3.05, 3.63) is 29.5 Å². The minimum Gasteiger partial charge on any atom is -0.390 e. The van der Waals surface area contributed by atoms with Gasteiger partial charge in [0.05, 0.1) is 22.7 Å². The number of aromatic nitrogens is 2. The van der Waals surface area contributed by atoms with E-state index in [0.717, 1.165) is 6.07 Å². The summed E-state index contributed by atoms with van der Waals surface area (Å²) in [5.41, 5.74) is -1.80. The fourth-order valence-electron chi connectivity index (χ4n) is 2.90. The molecule has 0 amide bonds. The second-order valence-corrected chi connectivity index (χ2v) is 5.66. The zero-order valence-electron chi connectivity index (χ0n) is 11.1. The normalized spacial score (nSPS) is 25.6. The summed E-state index contributed by atoms with van der Waals surface area (Å²) in [7, 11) is 0. The Morgan fingerprint density at radius 2 is 2.10 bits per heavy atom. The Hall–Kier alpha value is -2.07. The highest BCUT2D eigenvalue weighted by molar-refractivity contribution is 5.87. The summed E-state index contributed by atoms with van der Waals surface area (Å²) in [6.45, 7) is 1.63. The van der Waals surface area contributed by atoms with E-state index in [4.69, 9.17) is 5.26 Å². The molecule has 0 bridgehead atoms. The van der Waals surface area contributed by atoms with Crippen LogP contribution in [0.3, 0.4) is 0 Å². The lowest BCUT2D eigenvalue weighted by Gasteiger charge is -2.41. The first-order valence-electron chi connectivity index (χ1n) is 6.44. The standard InChI is InChI=1S/C14H12F3N3O/c1-13(21)5-8(6-13)20-12-9(11(7-18)19-20)3-2-4-10(12)14(15,16)17/h2-4,8,21H,5-6H2,1H3. The number of fused-ring (bicyclic) bond motifs is 1. The summed E-state index contributed by atoms with van der Waals surface area (Å²) in [5, 5.41) is 23.1. The van der Waals surface area contributed by atoms with E-state index in [-0.39, 0.29) is 22.6 Å². The van der Waals surface area contributed by atoms with Crippen LogP contribution in [0.2, 0.25) is 0 Å². The van der Waals surface area contributed by atoms with Crippen molar-refractivity contribution in [1.82, 2.24) is 9.78 Å². The Bertz CT molecular complexity index is 747. The van der Waals surface area contributed by atoms with Crippen molar-refractivity contribution in [3.8, 4) is 6.07 Å². The molecule has 1 fully saturated rings. The molecule has 3 rings (SSSR count). The molecular weight excluding hydrogens is 283 g/mol. The van der Waals surface area contributed by atoms with E-state index >= 15 is 0 Å². The van der Waals surface area contributed by atoms with E-state index in [9.17, 15) is 18.3 Å². The van der Waals surface area contributed by atoms with Gasteiger partial charge in [-0.25, -0.2) is 0 Å². The third-order valence-corrected chi connectivity index (χ3v) is 3.84. The van der Waals surface area contributed by atoms with Gasteiger partial charge in [0.15, 0.2) is 5.69 Å². The molecule has 4 nitrogen and oxygen atoms in total. The average Bonchev–Trinajstić information content (AvgIpc) is 2.72. The molecule has 110 valence electrons. The molecule has 0 spiro atoms. The maximum atomic E-state index is 13.2. The highest BCUT2D eigenvalue weighted by Crippen LogP contribution is 2.44. The first-order chi connectivity index (χ1) is 9.73. The number of rotatable bonds is 1. The third-order valence-electron chi connectivity index (χ3n) is 3.84. The van der Waals surface area contributed by atoms with Crippen molar-refractivity contribution >= 4 is 10.9 Å². The summed E-state index contributed by atoms with van der Waals surface area (Å²) >= 11 is 0. The Morgan fingerprint density at radius 3 is 2.62 bits per heavy atom. The Morgan fingerprint density at radius 1 is 1.43 bits per heavy atom. The van der Waals surface area contributed by atoms with Gasteiger partial charge in [-0.05, 0) is 31.9 Å². The van der Waals surface area contributed by atoms with Gasteiger partial charge in [-0.3, -0.25) is 4.68 Å². The van der Waals surface area contributed by atoms with E-state index in [1.807, 2.05) is 6.07 Å². The van der Waals surface area contributed by atoms with Crippen LogP contribution < -0.4 is 0 Å². The lowest BCUT2D eigenvalue weighted by Crippen LogP contribution is -2.42. The quantitative estimate of drug-likeness (QED) is 0.879. The van der Waals surface area contributed by atoms with Crippen molar-refractivity contribution in [2.75, 3.05) is 0 Å². The van der Waals surface area contributed by atoms with E-state index in [1.54, 1.807) is 6.92 Å². The summed E-state index contributed by atoms with van der Waals surface area (Å²) in [6.07, 6.45) is -3.88. The molecule has 1 aliphatic carbocycles. The van der Waals surface area contributed by atoms with Crippen LogP contribution in [-0.2, 0) is 6.18 Å². The summed E-state index contributed by atoms with van der Waals surface area (Å²) in [6, 6.07) is 5.22. The second kappa shape index (κ2) is 4.21. The molecule has 7 heteroatoms. The topological polar surface area (TPSA) is 61.8 Å². The number of aliphatic hydroxyl groups is 1. The van der Waals surface area contributed by atoms with Crippen molar-refractivity contribution in [2.45, 2.75) is 37.6 Å². The minimum atomic E-state index is -4.52. The van der Waals surface area contributed by atoms with Crippen LogP contribution in [-0.4, -0.2) is 20.5 Å². The summed E-state index contributed by atoms with van der Waals surface area (Å²) in [5.74, 6) is 0. The van der Waals surface area contributed by atoms with Gasteiger partial charge in [-0.15, -0.1) is 0 Å². The van der Waals surface area contributed by atoms with Gasteiger partial charge in [0.2, 0.25) is 0 Å². The molecule has 1 aliphatic rings. The molecular formula is C14H12F3N3O. The predicted molar refractivity (Wildman–Crippen MR) is 68.3 cm³/mol. The lowest BCUT2D eigenvalue weighted by molar-refractivity contribution is -0.136. The van der Waals surface area contributed by atoms with Gasteiger partial charge < -0.3 is 5.11 Å². The molecule has 1 aromatic carbocycles. The van der Waals surface area contributed by atoms with E-state index in [1.165, 1.54) is 16.8 Å². The van der Waals surface area contributed by atoms with E-state index in [0.29, 0.717) is 12.8 Å². The van der Waals surface area contributed by atoms with E-state index in [2.05, 4.69) is 5.10 Å². The first-order valence-corrected chi connectivity index (χ1v) is 6.44. The molecule has 21 heavy (non-hydrogen) atoms. The molecule has 1 aromatic heterocycles. The number of para-hydroxylation sites is 1. The molecule has 1 heterocycles. The van der Waals surface area contributed by atoms with Gasteiger partial charge >= 0.3 is 6.18 Å². The van der Waals surface area contributed by atoms with Gasteiger partial charge in [0.1, 0.15) is 6.07 Å². The molecule has 0 atom stereocenters. The van der Waals surface area contributed by atoms with Gasteiger partial charge in [0.25, 0.3) is 0 Å². The van der Waals surface area contributed by atoms with E-state index < -0.39 is 17.3 Å². The number of hydrogen-bond donors (Lipinski definition) is 1. The molecule has 1 N–H and O–H groups in total. The third kappa shape index (κ3) is 2.16. The molecule has 0 saturated heterocycles. The van der Waals surface area contributed by atoms with Gasteiger partial charge in [-0.1, -0.05) is 6.07 Å². The highest BCUT2D eigenvalue weighted by atomic mass is 19.4. The molecule has 1 saturated carbocycles. The van der Waals surface area contributed by atoms with Crippen LogP contribution in [0.25, 0.3) is 10.9 Å². The minimum absolute atomic E-state index is 0.0253. The number of hydrogen-bond acceptors (Lipinski definition) is 3. The van der Waals surface area contributed by atoms with Crippen LogP contribution >= 0.6 is 0 Å². The Kier molecular flexibility index (Phi) is 2.79. The first kappa shape index (κ1) is 13.9. The molecule has 0 aliphatic heterocycles. The predicted octanol–water partition coefficient (Wildman–Crippen LogP) is 3.01. The van der Waals surface area contributed by atoms with Gasteiger partial charge in [0, 0.05) is 5.39 Å². The largest absolute Gasteiger partial charge is 0.418 e. The van der Waals surface area contributed by atoms with Crippen molar-refractivity contribution in [2.24, 2.45) is 0 Å². The zero-order chi connectivity index (χ0) is 15.4. The van der Waals surface area contributed by atoms with Crippen LogP contribution in [0.1, 0.15) is 37.1 Å². The molecule has 2 aromatic rings. The summed E-state index contributed by atoms with van der Waals surface area (Å²) < 4.78 is 40.8. The lowest BCUT2D eigenvalue weighted by atomic mass is 9.77. The molecule has 0 unspecified atom stereocenters. The zero-order valence-corrected chi connectivity index (χ0v) is 11.1. The fourth-order valence-corrected chi connectivity index (χ4v) is 2.90. The molecule has 0 radical (unpaired) electrons. The second-order valence-electron chi connectivity index (χ2n) is 5.66. The fraction of sp³-hybridized carbons (Fsp3) is 0.429. The van der Waals surface area contributed by atoms with Crippen molar-refractivity contribution in [3.63, 3.8) is 0 Å². The maximum absolute atomic E-state index is 13.2. The summed E-state index contributed by atoms with van der Waals surface area (Å²) in [4.78, 5) is 0. The number of nitriles is 1. The SMILES string of the molecule is CC1(O)CC(n2nc(C#N)c3cccc(C(F)(F)F)c32)C1. The maximum Gasteiger partial charge on any atom is 0.418 e. The number of benzene rings is 1. The monoisotopic (exact) mass is 295 g/mol. The smallest absolute Gasteiger partial charge is 0.390 e. The van der Waals surface area contributed by atoms with Crippen LogP contribution in [0, 0.1) is 11.3 Å². The number of nitrogens with zero attached hydrogens (tertiary/aromatic N) is 3. The van der Waals surface area contributed by atoms with Crippen LogP contribution in [0.15, 0.2) is 18.2 Å². The van der Waals surface area contributed by atoms with Crippen LogP contribution in [0.4, 0.5) is 13.2 Å². The number of alkyl halides is 3. The Balaban J connectivity index is 2.23. The number of halogens is 3. The van der Waals surface area contributed by atoms with Crippen molar-refractivity contribution < 1.29 is 18.3 Å². The highest BCUT2D eigenvalue weighted by Gasteiger charge is 2.42. The van der Waals surface area contributed by atoms with Crippen molar-refractivity contribution in [1.29, 1.82) is 5.26 Å². The van der Waals surface area contributed by atoms with Gasteiger partial charge in [-0.2, -0.15) is 23.5 Å². The van der Waals surface area contributed by atoms with Crippen LogP contribution in [0.5, 0.6) is 0 Å².